The number of aromatic carboxylic acids is 1. The van der Waals surface area contributed by atoms with Gasteiger partial charge in [0.2, 0.25) is 0 Å². The first kappa shape index (κ1) is 13.8. The second kappa shape index (κ2) is 6.04. The van der Waals surface area contributed by atoms with Gasteiger partial charge < -0.3 is 9.67 Å². The minimum atomic E-state index is -1.11. The number of carboxylic acid groups (broad SMARTS) is 1. The summed E-state index contributed by atoms with van der Waals surface area (Å²) in [7, 11) is 0. The Hall–Kier alpha value is -1.58. The van der Waals surface area contributed by atoms with Crippen molar-refractivity contribution in [1.82, 2.24) is 4.57 Å². The molecule has 0 aromatic carbocycles. The third-order valence-electron chi connectivity index (χ3n) is 3.82. The van der Waals surface area contributed by atoms with Gasteiger partial charge in [-0.15, -0.1) is 0 Å². The van der Waals surface area contributed by atoms with Crippen LogP contribution in [-0.4, -0.2) is 15.6 Å². The average Bonchev–Trinajstić information content (AvgIpc) is 2.40. The SMILES string of the molecule is CCCCCn1c2c(cc(C(=O)O)c1=O)CCCC2. The van der Waals surface area contributed by atoms with E-state index in [-0.39, 0.29) is 11.1 Å². The predicted octanol–water partition coefficient (Wildman–Crippen LogP) is 2.62. The number of hydrogen-bond donors (Lipinski definition) is 1. The second-order valence-corrected chi connectivity index (χ2v) is 5.21. The summed E-state index contributed by atoms with van der Waals surface area (Å²) in [4.78, 5) is 23.4. The Labute approximate surface area is 113 Å². The highest BCUT2D eigenvalue weighted by atomic mass is 16.4. The maximum Gasteiger partial charge on any atom is 0.341 e. The van der Waals surface area contributed by atoms with E-state index in [9.17, 15) is 9.59 Å². The summed E-state index contributed by atoms with van der Waals surface area (Å²) in [6.45, 7) is 2.77. The summed E-state index contributed by atoms with van der Waals surface area (Å²) in [6, 6.07) is 1.59. The summed E-state index contributed by atoms with van der Waals surface area (Å²) in [6.07, 6.45) is 7.06. The quantitative estimate of drug-likeness (QED) is 0.831. The minimum absolute atomic E-state index is 0.0721. The fourth-order valence-electron chi connectivity index (χ4n) is 2.79. The van der Waals surface area contributed by atoms with Crippen molar-refractivity contribution in [2.24, 2.45) is 0 Å². The Kier molecular flexibility index (Phi) is 4.40. The molecule has 0 spiro atoms. The number of nitrogens with zero attached hydrogens (tertiary/aromatic N) is 1. The summed E-state index contributed by atoms with van der Waals surface area (Å²) in [5.74, 6) is -1.11. The lowest BCUT2D eigenvalue weighted by molar-refractivity contribution is 0.0694. The standard InChI is InChI=1S/C15H21NO3/c1-2-3-6-9-16-13-8-5-4-7-11(13)10-12(14(16)17)15(18)19/h10H,2-9H2,1H3,(H,18,19). The van der Waals surface area contributed by atoms with Crippen LogP contribution in [0.1, 0.15) is 60.6 Å². The fraction of sp³-hybridized carbons (Fsp3) is 0.600. The van der Waals surface area contributed by atoms with Crippen LogP contribution in [-0.2, 0) is 19.4 Å². The zero-order chi connectivity index (χ0) is 13.8. The van der Waals surface area contributed by atoms with Crippen LogP contribution < -0.4 is 5.56 Å². The number of hydrogen-bond acceptors (Lipinski definition) is 2. The molecule has 0 fully saturated rings. The molecule has 1 aromatic rings. The maximum atomic E-state index is 12.3. The molecular weight excluding hydrogens is 242 g/mol. The van der Waals surface area contributed by atoms with E-state index in [0.29, 0.717) is 6.54 Å². The minimum Gasteiger partial charge on any atom is -0.477 e. The molecule has 0 amide bonds. The highest BCUT2D eigenvalue weighted by Gasteiger charge is 2.20. The van der Waals surface area contributed by atoms with E-state index in [1.807, 2.05) is 0 Å². The van der Waals surface area contributed by atoms with E-state index in [2.05, 4.69) is 6.92 Å². The molecule has 0 radical (unpaired) electrons. The lowest BCUT2D eigenvalue weighted by atomic mass is 9.94. The third-order valence-corrected chi connectivity index (χ3v) is 3.82. The van der Waals surface area contributed by atoms with Gasteiger partial charge in [0.25, 0.3) is 5.56 Å². The Morgan fingerprint density at radius 1 is 1.32 bits per heavy atom. The van der Waals surface area contributed by atoms with Crippen LogP contribution >= 0.6 is 0 Å². The van der Waals surface area contributed by atoms with Crippen molar-refractivity contribution < 1.29 is 9.90 Å². The Bertz CT molecular complexity index is 531. The molecule has 19 heavy (non-hydrogen) atoms. The molecule has 0 saturated heterocycles. The number of rotatable bonds is 5. The van der Waals surface area contributed by atoms with Crippen molar-refractivity contribution in [2.75, 3.05) is 0 Å². The van der Waals surface area contributed by atoms with Gasteiger partial charge in [-0.2, -0.15) is 0 Å². The van der Waals surface area contributed by atoms with Crippen molar-refractivity contribution in [1.29, 1.82) is 0 Å². The highest BCUT2D eigenvalue weighted by Crippen LogP contribution is 2.21. The smallest absolute Gasteiger partial charge is 0.341 e. The second-order valence-electron chi connectivity index (χ2n) is 5.21. The van der Waals surface area contributed by atoms with Crippen LogP contribution in [0.3, 0.4) is 0 Å². The Morgan fingerprint density at radius 3 is 2.74 bits per heavy atom. The zero-order valence-electron chi connectivity index (χ0n) is 11.4. The molecule has 4 nitrogen and oxygen atoms in total. The van der Waals surface area contributed by atoms with E-state index in [1.165, 1.54) is 0 Å². The number of aromatic nitrogens is 1. The Morgan fingerprint density at radius 2 is 2.05 bits per heavy atom. The number of fused-ring (bicyclic) bond motifs is 1. The van der Waals surface area contributed by atoms with Crippen LogP contribution in [0.15, 0.2) is 10.9 Å². The number of aryl methyl sites for hydroxylation is 1. The molecule has 1 N–H and O–H groups in total. The third kappa shape index (κ3) is 2.88. The molecule has 0 aliphatic heterocycles. The van der Waals surface area contributed by atoms with Gasteiger partial charge in [0.05, 0.1) is 0 Å². The molecule has 0 atom stereocenters. The molecule has 1 heterocycles. The maximum absolute atomic E-state index is 12.3. The van der Waals surface area contributed by atoms with Gasteiger partial charge in [-0.25, -0.2) is 4.79 Å². The molecule has 2 rings (SSSR count). The van der Waals surface area contributed by atoms with Crippen molar-refractivity contribution in [3.05, 3.63) is 33.2 Å². The van der Waals surface area contributed by atoms with Crippen molar-refractivity contribution in [2.45, 2.75) is 58.4 Å². The van der Waals surface area contributed by atoms with Gasteiger partial charge in [0.1, 0.15) is 5.56 Å². The van der Waals surface area contributed by atoms with E-state index < -0.39 is 5.97 Å². The molecular formula is C15H21NO3. The van der Waals surface area contributed by atoms with Crippen LogP contribution in [0.5, 0.6) is 0 Å². The van der Waals surface area contributed by atoms with Crippen LogP contribution in [0.2, 0.25) is 0 Å². The monoisotopic (exact) mass is 263 g/mol. The zero-order valence-corrected chi connectivity index (χ0v) is 11.4. The van der Waals surface area contributed by atoms with E-state index in [0.717, 1.165) is 56.2 Å². The summed E-state index contributed by atoms with van der Waals surface area (Å²) < 4.78 is 1.72. The largest absolute Gasteiger partial charge is 0.477 e. The van der Waals surface area contributed by atoms with Crippen LogP contribution in [0, 0.1) is 0 Å². The van der Waals surface area contributed by atoms with Crippen LogP contribution in [0.4, 0.5) is 0 Å². The predicted molar refractivity (Wildman–Crippen MR) is 73.8 cm³/mol. The van der Waals surface area contributed by atoms with Crippen molar-refractivity contribution in [3.8, 4) is 0 Å². The van der Waals surface area contributed by atoms with Gasteiger partial charge in [-0.05, 0) is 43.7 Å². The lowest BCUT2D eigenvalue weighted by Crippen LogP contribution is -2.31. The van der Waals surface area contributed by atoms with Gasteiger partial charge in [-0.1, -0.05) is 19.8 Å². The first-order valence-electron chi connectivity index (χ1n) is 7.14. The van der Waals surface area contributed by atoms with E-state index >= 15 is 0 Å². The highest BCUT2D eigenvalue weighted by molar-refractivity contribution is 5.87. The number of unbranched alkanes of at least 4 members (excludes halogenated alkanes) is 2. The lowest BCUT2D eigenvalue weighted by Gasteiger charge is -2.21. The molecule has 0 saturated carbocycles. The molecule has 4 heteroatoms. The number of carbonyl (C=O) groups is 1. The van der Waals surface area contributed by atoms with Gasteiger partial charge in [0, 0.05) is 12.2 Å². The molecule has 0 unspecified atom stereocenters. The van der Waals surface area contributed by atoms with Crippen molar-refractivity contribution >= 4 is 5.97 Å². The number of pyridine rings is 1. The Balaban J connectivity index is 2.44. The summed E-state index contributed by atoms with van der Waals surface area (Å²) in [5, 5.41) is 9.15. The van der Waals surface area contributed by atoms with Gasteiger partial charge >= 0.3 is 5.97 Å². The molecule has 0 bridgehead atoms. The van der Waals surface area contributed by atoms with Gasteiger partial charge in [-0.3, -0.25) is 4.79 Å². The topological polar surface area (TPSA) is 59.3 Å². The first-order chi connectivity index (χ1) is 9.15. The van der Waals surface area contributed by atoms with E-state index in [1.54, 1.807) is 10.6 Å². The first-order valence-corrected chi connectivity index (χ1v) is 7.14. The number of carboxylic acids is 1. The molecule has 1 aliphatic rings. The average molecular weight is 263 g/mol. The fourth-order valence-corrected chi connectivity index (χ4v) is 2.79. The normalized spacial score (nSPS) is 14.2. The summed E-state index contributed by atoms with van der Waals surface area (Å²) >= 11 is 0. The van der Waals surface area contributed by atoms with Crippen LogP contribution in [0.25, 0.3) is 0 Å². The molecule has 1 aliphatic carbocycles. The van der Waals surface area contributed by atoms with Gasteiger partial charge in [0.15, 0.2) is 0 Å². The van der Waals surface area contributed by atoms with E-state index in [4.69, 9.17) is 5.11 Å². The molecule has 104 valence electrons. The summed E-state index contributed by atoms with van der Waals surface area (Å²) in [5.41, 5.74) is 1.72. The van der Waals surface area contributed by atoms with Crippen molar-refractivity contribution in [3.63, 3.8) is 0 Å². The molecule has 1 aromatic heterocycles.